The number of nitrogens with one attached hydrogen (secondary N) is 1. The van der Waals surface area contributed by atoms with E-state index in [4.69, 9.17) is 33.0 Å². The van der Waals surface area contributed by atoms with E-state index in [1.807, 2.05) is 66.7 Å². The summed E-state index contributed by atoms with van der Waals surface area (Å²) in [5, 5.41) is 14.3. The zero-order valence-electron chi connectivity index (χ0n) is 23.6. The number of carbonyl (C=O) groups is 1. The predicted octanol–water partition coefficient (Wildman–Crippen LogP) is 7.30. The van der Waals surface area contributed by atoms with Crippen LogP contribution in [0.25, 0.3) is 10.9 Å². The molecule has 2 heterocycles. The number of anilines is 1. The molecule has 5 rings (SSSR count). The van der Waals surface area contributed by atoms with Gasteiger partial charge in [0, 0.05) is 52.2 Å². The molecule has 0 radical (unpaired) electrons. The standard InChI is InChI=1S/C31H28Cl2F3N3O5S/c32-22-6-1-19(2-7-22)30(20-3-8-23(33)9-4-20)21-5-10-26-25(17-21)27(18-28(38-26)44-16-13-29(40)41)37-24-11-14-39(15-12-24)45(42,43)31(34,35)36/h1-10,17-18,24,30H,11-16H2,(H,37,38)(H,40,41). The molecule has 2 N–H and O–H groups in total. The molecule has 14 heteroatoms. The van der Waals surface area contributed by atoms with Gasteiger partial charge in [0.05, 0.1) is 11.9 Å². The normalized spacial score (nSPS) is 15.0. The Morgan fingerprint density at radius 1 is 0.956 bits per heavy atom. The van der Waals surface area contributed by atoms with E-state index in [-0.39, 0.29) is 56.8 Å². The van der Waals surface area contributed by atoms with Gasteiger partial charge in [0.25, 0.3) is 0 Å². The number of hydrogen-bond acceptors (Lipinski definition) is 6. The first-order chi connectivity index (χ1) is 21.3. The smallest absolute Gasteiger partial charge is 0.481 e. The summed E-state index contributed by atoms with van der Waals surface area (Å²) < 4.78 is 69.2. The molecule has 0 amide bonds. The van der Waals surface area contributed by atoms with E-state index >= 15 is 0 Å². The molecule has 0 unspecified atom stereocenters. The predicted molar refractivity (Wildman–Crippen MR) is 167 cm³/mol. The molecular formula is C31H28Cl2F3N3O5S. The van der Waals surface area contributed by atoms with Gasteiger partial charge in [0.1, 0.15) is 6.61 Å². The molecule has 45 heavy (non-hydrogen) atoms. The van der Waals surface area contributed by atoms with Gasteiger partial charge in [-0.05, 0) is 65.9 Å². The third-order valence-electron chi connectivity index (χ3n) is 7.56. The molecule has 8 nitrogen and oxygen atoms in total. The van der Waals surface area contributed by atoms with Gasteiger partial charge < -0.3 is 15.2 Å². The molecule has 3 aromatic carbocycles. The van der Waals surface area contributed by atoms with Gasteiger partial charge in [0.15, 0.2) is 0 Å². The molecule has 0 aliphatic carbocycles. The van der Waals surface area contributed by atoms with Crippen molar-refractivity contribution in [1.29, 1.82) is 0 Å². The van der Waals surface area contributed by atoms with Crippen LogP contribution in [0.1, 0.15) is 41.9 Å². The van der Waals surface area contributed by atoms with Gasteiger partial charge >= 0.3 is 21.5 Å². The van der Waals surface area contributed by atoms with Crippen molar-refractivity contribution in [2.24, 2.45) is 0 Å². The lowest BCUT2D eigenvalue weighted by Gasteiger charge is -2.32. The lowest BCUT2D eigenvalue weighted by Crippen LogP contribution is -2.47. The number of pyridine rings is 1. The first kappa shape index (κ1) is 32.8. The molecule has 0 bridgehead atoms. The second-order valence-corrected chi connectivity index (χ2v) is 13.4. The number of benzene rings is 3. The van der Waals surface area contributed by atoms with Gasteiger partial charge in [-0.25, -0.2) is 13.4 Å². The fourth-order valence-electron chi connectivity index (χ4n) is 5.33. The fourth-order valence-corrected chi connectivity index (χ4v) is 6.57. The van der Waals surface area contributed by atoms with E-state index in [1.165, 1.54) is 0 Å². The van der Waals surface area contributed by atoms with E-state index in [0.29, 0.717) is 30.9 Å². The number of hydrogen-bond donors (Lipinski definition) is 2. The van der Waals surface area contributed by atoms with Crippen LogP contribution in [0.3, 0.4) is 0 Å². The maximum Gasteiger partial charge on any atom is 0.511 e. The summed E-state index contributed by atoms with van der Waals surface area (Å²) in [6.45, 7) is -0.718. The Labute approximate surface area is 267 Å². The zero-order valence-corrected chi connectivity index (χ0v) is 25.9. The molecule has 0 saturated carbocycles. The molecular weight excluding hydrogens is 654 g/mol. The summed E-state index contributed by atoms with van der Waals surface area (Å²) in [5.41, 5.74) is -1.42. The largest absolute Gasteiger partial charge is 0.511 e. The van der Waals surface area contributed by atoms with Crippen molar-refractivity contribution in [3.8, 4) is 5.88 Å². The molecule has 0 atom stereocenters. The van der Waals surface area contributed by atoms with Crippen molar-refractivity contribution >= 4 is 55.8 Å². The van der Waals surface area contributed by atoms with Crippen molar-refractivity contribution in [2.75, 3.05) is 25.0 Å². The Hall–Kier alpha value is -3.58. The van der Waals surface area contributed by atoms with E-state index in [9.17, 15) is 26.4 Å². The van der Waals surface area contributed by atoms with Crippen LogP contribution in [0.5, 0.6) is 5.88 Å². The summed E-state index contributed by atoms with van der Waals surface area (Å²) in [6.07, 6.45) is 0.0236. The molecule has 1 saturated heterocycles. The minimum atomic E-state index is -5.42. The number of halogens is 5. The second kappa shape index (κ2) is 13.4. The number of rotatable bonds is 10. The molecule has 1 fully saturated rings. The van der Waals surface area contributed by atoms with Gasteiger partial charge in [-0.2, -0.15) is 17.5 Å². The van der Waals surface area contributed by atoms with Crippen LogP contribution < -0.4 is 10.1 Å². The van der Waals surface area contributed by atoms with Crippen molar-refractivity contribution < 1.29 is 36.2 Å². The number of carboxylic acid groups (broad SMARTS) is 1. The highest BCUT2D eigenvalue weighted by molar-refractivity contribution is 7.90. The third-order valence-corrected chi connectivity index (χ3v) is 9.70. The van der Waals surface area contributed by atoms with Crippen LogP contribution in [0.15, 0.2) is 72.8 Å². The average Bonchev–Trinajstić information content (AvgIpc) is 2.99. The fraction of sp³-hybridized carbons (Fsp3) is 0.290. The van der Waals surface area contributed by atoms with Gasteiger partial charge in [-0.1, -0.05) is 53.5 Å². The third kappa shape index (κ3) is 7.63. The zero-order chi connectivity index (χ0) is 32.4. The quantitative estimate of drug-likeness (QED) is 0.169. The van der Waals surface area contributed by atoms with Crippen LogP contribution in [-0.2, 0) is 14.8 Å². The molecule has 238 valence electrons. The Bertz CT molecular complexity index is 1740. The number of aliphatic carboxylic acids is 1. The monoisotopic (exact) mass is 681 g/mol. The Morgan fingerprint density at radius 3 is 2.04 bits per heavy atom. The topological polar surface area (TPSA) is 109 Å². The SMILES string of the molecule is O=C(O)CCOc1cc(NC2CCN(S(=O)(=O)C(F)(F)F)CC2)c2cc(C(c3ccc(Cl)cc3)c3ccc(Cl)cc3)ccc2n1. The van der Waals surface area contributed by atoms with E-state index in [1.54, 1.807) is 6.07 Å². The average molecular weight is 683 g/mol. The molecule has 4 aromatic rings. The maximum atomic E-state index is 13.1. The summed E-state index contributed by atoms with van der Waals surface area (Å²) in [6, 6.07) is 21.9. The lowest BCUT2D eigenvalue weighted by atomic mass is 9.84. The lowest BCUT2D eigenvalue weighted by molar-refractivity contribution is -0.137. The van der Waals surface area contributed by atoms with E-state index in [2.05, 4.69) is 10.3 Å². The Balaban J connectivity index is 1.52. The number of piperidine rings is 1. The molecule has 1 aliphatic rings. The van der Waals surface area contributed by atoms with Crippen molar-refractivity contribution in [3.63, 3.8) is 0 Å². The van der Waals surface area contributed by atoms with Crippen LogP contribution in [0.2, 0.25) is 10.0 Å². The van der Waals surface area contributed by atoms with Crippen LogP contribution in [-0.4, -0.2) is 60.0 Å². The summed E-state index contributed by atoms with van der Waals surface area (Å²) in [4.78, 5) is 15.6. The second-order valence-electron chi connectivity index (χ2n) is 10.6. The van der Waals surface area contributed by atoms with Crippen LogP contribution in [0, 0.1) is 0 Å². The van der Waals surface area contributed by atoms with Crippen LogP contribution in [0.4, 0.5) is 18.9 Å². The highest BCUT2D eigenvalue weighted by atomic mass is 35.5. The van der Waals surface area contributed by atoms with Gasteiger partial charge in [-0.3, -0.25) is 4.79 Å². The number of nitrogens with zero attached hydrogens (tertiary/aromatic N) is 2. The molecule has 1 aromatic heterocycles. The Kier molecular flexibility index (Phi) is 9.78. The molecule has 1 aliphatic heterocycles. The van der Waals surface area contributed by atoms with Crippen molar-refractivity contribution in [1.82, 2.24) is 9.29 Å². The van der Waals surface area contributed by atoms with Gasteiger partial charge in [-0.15, -0.1) is 0 Å². The maximum absolute atomic E-state index is 13.1. The summed E-state index contributed by atoms with van der Waals surface area (Å²) in [5.74, 6) is -1.09. The Morgan fingerprint density at radius 2 is 1.51 bits per heavy atom. The number of ether oxygens (including phenoxy) is 1. The van der Waals surface area contributed by atoms with Crippen molar-refractivity contribution in [3.05, 3.63) is 99.5 Å². The summed E-state index contributed by atoms with van der Waals surface area (Å²) >= 11 is 12.3. The molecule has 0 spiro atoms. The van der Waals surface area contributed by atoms with Crippen LogP contribution >= 0.6 is 23.2 Å². The van der Waals surface area contributed by atoms with E-state index < -0.39 is 21.5 Å². The number of sulfonamides is 1. The highest BCUT2D eigenvalue weighted by Crippen LogP contribution is 2.37. The number of aromatic nitrogens is 1. The summed E-state index contributed by atoms with van der Waals surface area (Å²) in [7, 11) is -5.42. The minimum Gasteiger partial charge on any atom is -0.481 e. The first-order valence-electron chi connectivity index (χ1n) is 13.9. The number of carboxylic acids is 1. The van der Waals surface area contributed by atoms with E-state index in [0.717, 1.165) is 16.7 Å². The highest BCUT2D eigenvalue weighted by Gasteiger charge is 2.50. The first-order valence-corrected chi connectivity index (χ1v) is 16.1. The van der Waals surface area contributed by atoms with Crippen molar-refractivity contribution in [2.45, 2.75) is 36.7 Å². The number of alkyl halides is 3. The number of fused-ring (bicyclic) bond motifs is 1. The minimum absolute atomic E-state index is 0.117. The van der Waals surface area contributed by atoms with Gasteiger partial charge in [0.2, 0.25) is 5.88 Å².